The summed E-state index contributed by atoms with van der Waals surface area (Å²) in [6.07, 6.45) is 4.94. The van der Waals surface area contributed by atoms with Crippen molar-refractivity contribution in [3.8, 4) is 22.5 Å². The highest BCUT2D eigenvalue weighted by Gasteiger charge is 2.11. The van der Waals surface area contributed by atoms with Crippen LogP contribution in [0.3, 0.4) is 0 Å². The van der Waals surface area contributed by atoms with Gasteiger partial charge in [-0.1, -0.05) is 28.6 Å². The topological polar surface area (TPSA) is 122 Å². The van der Waals surface area contributed by atoms with Crippen LogP contribution >= 0.6 is 0 Å². The average molecular weight is 428 g/mol. The van der Waals surface area contributed by atoms with Crippen molar-refractivity contribution in [3.05, 3.63) is 84.0 Å². The number of hydrogen-bond acceptors (Lipinski definition) is 8. The van der Waals surface area contributed by atoms with E-state index in [0.29, 0.717) is 48.6 Å². The van der Waals surface area contributed by atoms with E-state index in [9.17, 15) is 9.59 Å². The van der Waals surface area contributed by atoms with Gasteiger partial charge in [0.2, 0.25) is 0 Å². The zero-order chi connectivity index (χ0) is 21.9. The molecule has 5 rings (SSSR count). The normalized spacial score (nSPS) is 11.0. The van der Waals surface area contributed by atoms with Crippen LogP contribution in [-0.2, 0) is 13.1 Å². The largest absolute Gasteiger partial charge is 0.456 e. The smallest absolute Gasteiger partial charge is 0.185 e. The van der Waals surface area contributed by atoms with Crippen molar-refractivity contribution in [2.75, 3.05) is 0 Å². The third-order valence-electron chi connectivity index (χ3n) is 4.76. The molecule has 158 valence electrons. The summed E-state index contributed by atoms with van der Waals surface area (Å²) in [5, 5.41) is 16.7. The Labute approximate surface area is 181 Å². The van der Waals surface area contributed by atoms with Crippen LogP contribution in [0.4, 0.5) is 0 Å². The molecule has 0 aliphatic rings. The molecule has 10 heteroatoms. The molecule has 0 atom stereocenters. The molecular weight excluding hydrogens is 412 g/mol. The number of hydrogen-bond donors (Lipinski definition) is 0. The first kappa shape index (κ1) is 19.4. The summed E-state index contributed by atoms with van der Waals surface area (Å²) in [6.45, 7) is 0.737. The maximum Gasteiger partial charge on any atom is 0.185 e. The molecular formula is C22H16N6O4. The molecule has 0 fully saturated rings. The van der Waals surface area contributed by atoms with Gasteiger partial charge in [0.1, 0.15) is 36.0 Å². The summed E-state index contributed by atoms with van der Waals surface area (Å²) in [6, 6.07) is 14.4. The molecule has 0 N–H and O–H groups in total. The Morgan fingerprint density at radius 3 is 1.66 bits per heavy atom. The standard InChI is InChI=1S/C22H16N6O4/c29-13-19-6-4-17(31-19)9-27-11-21(23-25-27)15-2-1-3-16(8-15)22-12-28(26-24-22)10-18-5-7-20(14-30)32-18/h1-8,11-14H,9-10H2. The highest BCUT2D eigenvalue weighted by Crippen LogP contribution is 2.24. The molecule has 0 saturated carbocycles. The van der Waals surface area contributed by atoms with E-state index in [0.717, 1.165) is 11.1 Å². The quantitative estimate of drug-likeness (QED) is 0.346. The Bertz CT molecular complexity index is 1290. The fraction of sp³-hybridized carbons (Fsp3) is 0.0909. The van der Waals surface area contributed by atoms with E-state index < -0.39 is 0 Å². The van der Waals surface area contributed by atoms with Crippen molar-refractivity contribution in [1.82, 2.24) is 30.0 Å². The highest BCUT2D eigenvalue weighted by molar-refractivity contribution is 5.71. The van der Waals surface area contributed by atoms with E-state index in [1.807, 2.05) is 24.3 Å². The molecule has 10 nitrogen and oxygen atoms in total. The number of aldehydes is 2. The molecule has 4 heterocycles. The maximum absolute atomic E-state index is 10.8. The predicted molar refractivity (Wildman–Crippen MR) is 111 cm³/mol. The minimum Gasteiger partial charge on any atom is -0.456 e. The van der Waals surface area contributed by atoms with E-state index in [2.05, 4.69) is 20.6 Å². The third-order valence-corrected chi connectivity index (χ3v) is 4.76. The van der Waals surface area contributed by atoms with E-state index >= 15 is 0 Å². The molecule has 0 aliphatic heterocycles. The summed E-state index contributed by atoms with van der Waals surface area (Å²) in [5.41, 5.74) is 3.13. The van der Waals surface area contributed by atoms with Crippen LogP contribution in [0.2, 0.25) is 0 Å². The lowest BCUT2D eigenvalue weighted by atomic mass is 10.1. The molecule has 0 aliphatic carbocycles. The van der Waals surface area contributed by atoms with Gasteiger partial charge in [-0.05, 0) is 30.3 Å². The number of benzene rings is 1. The summed E-state index contributed by atoms with van der Waals surface area (Å²) in [4.78, 5) is 21.5. The molecule has 0 saturated heterocycles. The summed E-state index contributed by atoms with van der Waals surface area (Å²) in [7, 11) is 0. The number of rotatable bonds is 8. The Kier molecular flexibility index (Phi) is 5.00. The Balaban J connectivity index is 1.32. The molecule has 32 heavy (non-hydrogen) atoms. The predicted octanol–water partition coefficient (Wildman–Crippen LogP) is 3.11. The van der Waals surface area contributed by atoms with Crippen LogP contribution < -0.4 is 0 Å². The van der Waals surface area contributed by atoms with Gasteiger partial charge in [-0.25, -0.2) is 9.36 Å². The zero-order valence-corrected chi connectivity index (χ0v) is 16.7. The number of carbonyl (C=O) groups excluding carboxylic acids is 2. The summed E-state index contributed by atoms with van der Waals surface area (Å²) < 4.78 is 14.0. The van der Waals surface area contributed by atoms with Crippen molar-refractivity contribution >= 4 is 12.6 Å². The number of nitrogens with zero attached hydrogens (tertiary/aromatic N) is 6. The molecule has 0 spiro atoms. The maximum atomic E-state index is 10.8. The van der Waals surface area contributed by atoms with E-state index in [1.165, 1.54) is 0 Å². The second-order valence-corrected chi connectivity index (χ2v) is 7.03. The zero-order valence-electron chi connectivity index (χ0n) is 16.7. The molecule has 0 radical (unpaired) electrons. The van der Waals surface area contributed by atoms with Gasteiger partial charge in [0, 0.05) is 11.1 Å². The second kappa shape index (κ2) is 8.26. The number of aromatic nitrogens is 6. The van der Waals surface area contributed by atoms with Gasteiger partial charge in [0.25, 0.3) is 0 Å². The van der Waals surface area contributed by atoms with Gasteiger partial charge in [0.05, 0.1) is 12.4 Å². The van der Waals surface area contributed by atoms with Crippen LogP contribution in [0.15, 0.2) is 69.8 Å². The van der Waals surface area contributed by atoms with Crippen molar-refractivity contribution in [3.63, 3.8) is 0 Å². The molecule has 1 aromatic carbocycles. The van der Waals surface area contributed by atoms with Gasteiger partial charge in [-0.15, -0.1) is 10.2 Å². The molecule has 0 unspecified atom stereocenters. The van der Waals surface area contributed by atoms with Crippen LogP contribution in [0.5, 0.6) is 0 Å². The van der Waals surface area contributed by atoms with Gasteiger partial charge >= 0.3 is 0 Å². The minimum atomic E-state index is 0.275. The Morgan fingerprint density at radius 1 is 0.719 bits per heavy atom. The fourth-order valence-corrected chi connectivity index (χ4v) is 3.26. The van der Waals surface area contributed by atoms with Crippen molar-refractivity contribution in [2.24, 2.45) is 0 Å². The van der Waals surface area contributed by atoms with Crippen molar-refractivity contribution in [1.29, 1.82) is 0 Å². The molecule has 0 bridgehead atoms. The second-order valence-electron chi connectivity index (χ2n) is 7.03. The summed E-state index contributed by atoms with van der Waals surface area (Å²) >= 11 is 0. The van der Waals surface area contributed by atoms with Crippen LogP contribution in [0.1, 0.15) is 32.6 Å². The molecule has 5 aromatic rings. The third kappa shape index (κ3) is 4.01. The molecule has 0 amide bonds. The first-order chi connectivity index (χ1) is 15.7. The molecule has 4 aromatic heterocycles. The SMILES string of the molecule is O=Cc1ccc(Cn2cc(-c3cccc(-c4cn(Cc5ccc(C=O)o5)nn4)c3)nn2)o1. The van der Waals surface area contributed by atoms with Crippen LogP contribution in [0, 0.1) is 0 Å². The fourth-order valence-electron chi connectivity index (χ4n) is 3.26. The van der Waals surface area contributed by atoms with Gasteiger partial charge in [-0.2, -0.15) is 0 Å². The van der Waals surface area contributed by atoms with Crippen LogP contribution in [-0.4, -0.2) is 42.6 Å². The first-order valence-corrected chi connectivity index (χ1v) is 9.69. The number of carbonyl (C=O) groups is 2. The summed E-state index contributed by atoms with van der Waals surface area (Å²) in [5.74, 6) is 1.78. The lowest BCUT2D eigenvalue weighted by Crippen LogP contribution is -1.98. The highest BCUT2D eigenvalue weighted by atomic mass is 16.4. The van der Waals surface area contributed by atoms with Gasteiger partial charge in [0.15, 0.2) is 24.1 Å². The van der Waals surface area contributed by atoms with Crippen molar-refractivity contribution in [2.45, 2.75) is 13.1 Å². The van der Waals surface area contributed by atoms with E-state index in [-0.39, 0.29) is 11.5 Å². The lowest BCUT2D eigenvalue weighted by Gasteiger charge is -2.00. The number of furan rings is 2. The van der Waals surface area contributed by atoms with Crippen LogP contribution in [0.25, 0.3) is 22.5 Å². The monoisotopic (exact) mass is 428 g/mol. The van der Waals surface area contributed by atoms with Gasteiger partial charge < -0.3 is 8.83 Å². The average Bonchev–Trinajstić information content (AvgIpc) is 3.62. The first-order valence-electron chi connectivity index (χ1n) is 9.69. The lowest BCUT2D eigenvalue weighted by molar-refractivity contribution is 0.109. The van der Waals surface area contributed by atoms with Gasteiger partial charge in [-0.3, -0.25) is 9.59 Å². The Morgan fingerprint density at radius 2 is 1.22 bits per heavy atom. The van der Waals surface area contributed by atoms with Crippen molar-refractivity contribution < 1.29 is 18.4 Å². The van der Waals surface area contributed by atoms with E-state index in [1.54, 1.807) is 46.0 Å². The minimum absolute atomic E-state index is 0.275. The van der Waals surface area contributed by atoms with E-state index in [4.69, 9.17) is 8.83 Å². The Hall–Kier alpha value is -4.60.